The van der Waals surface area contributed by atoms with Gasteiger partial charge in [0.15, 0.2) is 0 Å². The summed E-state index contributed by atoms with van der Waals surface area (Å²) >= 11 is 0. The molecule has 2 saturated heterocycles. The van der Waals surface area contributed by atoms with E-state index in [0.717, 1.165) is 39.0 Å². The molecule has 0 saturated carbocycles. The molecule has 2 aliphatic heterocycles. The third kappa shape index (κ3) is 14.4. The average molecular weight is 547 g/mol. The smallest absolute Gasteiger partial charge is 0.414 e. The summed E-state index contributed by atoms with van der Waals surface area (Å²) in [6.07, 6.45) is 1.68. The summed E-state index contributed by atoms with van der Waals surface area (Å²) in [5.41, 5.74) is -0.815. The van der Waals surface area contributed by atoms with Crippen LogP contribution in [0.3, 0.4) is 0 Å². The Morgan fingerprint density at radius 3 is 1.18 bits per heavy atom. The monoisotopic (exact) mass is 546 g/mol. The SMILES string of the molecule is CN[C@H]1CN(C(=O)OC(C)(C)C)CC[C@H]1C.CN[C@H]1CN(C(=O)OC(C)(C)C)CC[C@H]1C.O=C(O)C(=O)O. The Labute approximate surface area is 227 Å². The lowest BCUT2D eigenvalue weighted by Gasteiger charge is -2.37. The number of nitrogens with one attached hydrogen (secondary N) is 2. The van der Waals surface area contributed by atoms with Gasteiger partial charge in [0, 0.05) is 38.3 Å². The summed E-state index contributed by atoms with van der Waals surface area (Å²) in [6, 6.07) is 0.752. The molecule has 0 unspecified atom stereocenters. The van der Waals surface area contributed by atoms with E-state index in [1.54, 1.807) is 9.80 Å². The van der Waals surface area contributed by atoms with Crippen molar-refractivity contribution >= 4 is 24.1 Å². The molecule has 2 aliphatic rings. The first kappa shape index (κ1) is 35.4. The van der Waals surface area contributed by atoms with Gasteiger partial charge < -0.3 is 40.1 Å². The van der Waals surface area contributed by atoms with Crippen molar-refractivity contribution < 1.29 is 38.9 Å². The number of hydrogen-bond acceptors (Lipinski definition) is 8. The van der Waals surface area contributed by atoms with Crippen molar-refractivity contribution in [2.45, 2.75) is 91.5 Å². The molecule has 12 nitrogen and oxygen atoms in total. The number of likely N-dealkylation sites (N-methyl/N-ethyl adjacent to an activating group) is 2. The number of hydrogen-bond donors (Lipinski definition) is 4. The van der Waals surface area contributed by atoms with E-state index in [2.05, 4.69) is 24.5 Å². The van der Waals surface area contributed by atoms with Gasteiger partial charge in [0.05, 0.1) is 0 Å². The maximum atomic E-state index is 11.9. The van der Waals surface area contributed by atoms with Gasteiger partial charge in [-0.3, -0.25) is 0 Å². The van der Waals surface area contributed by atoms with Gasteiger partial charge in [-0.15, -0.1) is 0 Å². The van der Waals surface area contributed by atoms with Gasteiger partial charge in [-0.2, -0.15) is 0 Å². The number of ether oxygens (including phenoxy) is 2. The third-order valence-electron chi connectivity index (χ3n) is 6.14. The summed E-state index contributed by atoms with van der Waals surface area (Å²) in [5, 5.41) is 21.3. The van der Waals surface area contributed by atoms with Crippen molar-refractivity contribution in [1.82, 2.24) is 20.4 Å². The molecule has 2 amide bonds. The first-order valence-electron chi connectivity index (χ1n) is 13.1. The molecule has 4 atom stereocenters. The second kappa shape index (κ2) is 15.7. The van der Waals surface area contributed by atoms with Crippen molar-refractivity contribution in [1.29, 1.82) is 0 Å². The number of carboxylic acids is 2. The lowest BCUT2D eigenvalue weighted by atomic mass is 9.94. The zero-order chi connectivity index (χ0) is 29.8. The van der Waals surface area contributed by atoms with E-state index in [-0.39, 0.29) is 12.2 Å². The number of amides is 2. The second-order valence-corrected chi connectivity index (χ2v) is 11.8. The van der Waals surface area contributed by atoms with Gasteiger partial charge in [0.1, 0.15) is 11.2 Å². The predicted octanol–water partition coefficient (Wildman–Crippen LogP) is 2.86. The highest BCUT2D eigenvalue weighted by Crippen LogP contribution is 2.20. The highest BCUT2D eigenvalue weighted by molar-refractivity contribution is 6.27. The van der Waals surface area contributed by atoms with Crippen molar-refractivity contribution in [3.63, 3.8) is 0 Å². The number of rotatable bonds is 2. The number of carbonyl (C=O) groups excluding carboxylic acids is 2. The Kier molecular flexibility index (Phi) is 14.6. The van der Waals surface area contributed by atoms with Crippen molar-refractivity contribution in [2.75, 3.05) is 40.3 Å². The molecule has 2 rings (SSSR count). The number of nitrogens with zero attached hydrogens (tertiary/aromatic N) is 2. The third-order valence-corrected chi connectivity index (χ3v) is 6.14. The van der Waals surface area contributed by atoms with Crippen LogP contribution in [-0.4, -0.2) is 108 Å². The van der Waals surface area contributed by atoms with Crippen LogP contribution in [0.5, 0.6) is 0 Å². The molecule has 2 fully saturated rings. The first-order chi connectivity index (χ1) is 17.3. The molecule has 222 valence electrons. The van der Waals surface area contributed by atoms with Crippen molar-refractivity contribution in [2.24, 2.45) is 11.8 Å². The maximum Gasteiger partial charge on any atom is 0.414 e. The van der Waals surface area contributed by atoms with Gasteiger partial charge in [-0.05, 0) is 80.3 Å². The fourth-order valence-electron chi connectivity index (χ4n) is 3.87. The zero-order valence-corrected chi connectivity index (χ0v) is 24.8. The van der Waals surface area contributed by atoms with E-state index in [4.69, 9.17) is 29.3 Å². The Bertz CT molecular complexity index is 714. The minimum absolute atomic E-state index is 0.195. The van der Waals surface area contributed by atoms with E-state index in [0.29, 0.717) is 23.9 Å². The van der Waals surface area contributed by atoms with Crippen molar-refractivity contribution in [3.8, 4) is 0 Å². The van der Waals surface area contributed by atoms with E-state index in [9.17, 15) is 9.59 Å². The molecule has 12 heteroatoms. The number of carbonyl (C=O) groups is 4. The molecule has 0 radical (unpaired) electrons. The number of carboxylic acid groups (broad SMARTS) is 2. The maximum absolute atomic E-state index is 11.9. The van der Waals surface area contributed by atoms with Crippen LogP contribution in [-0.2, 0) is 19.1 Å². The van der Waals surface area contributed by atoms with Crippen LogP contribution in [0.25, 0.3) is 0 Å². The average Bonchev–Trinajstić information content (AvgIpc) is 2.78. The van der Waals surface area contributed by atoms with E-state index in [1.807, 2.05) is 55.6 Å². The minimum atomic E-state index is -1.82. The summed E-state index contributed by atoms with van der Waals surface area (Å²) in [4.78, 5) is 45.5. The summed E-state index contributed by atoms with van der Waals surface area (Å²) in [5.74, 6) is -2.42. The van der Waals surface area contributed by atoms with Crippen LogP contribution in [0.15, 0.2) is 0 Å². The van der Waals surface area contributed by atoms with Crippen LogP contribution in [0.2, 0.25) is 0 Å². The number of piperidine rings is 2. The molecule has 0 spiro atoms. The second-order valence-electron chi connectivity index (χ2n) is 11.8. The van der Waals surface area contributed by atoms with Gasteiger partial charge in [0.2, 0.25) is 0 Å². The van der Waals surface area contributed by atoms with Crippen LogP contribution in [0.4, 0.5) is 9.59 Å². The molecule has 0 aromatic carbocycles. The molecule has 38 heavy (non-hydrogen) atoms. The van der Waals surface area contributed by atoms with E-state index >= 15 is 0 Å². The standard InChI is InChI=1S/2C12H24N2O2.C2H2O4/c2*1-9-6-7-14(8-10(9)13-5)11(15)16-12(2,3)4;3-1(4)2(5)6/h2*9-10,13H,6-8H2,1-5H3;(H,3,4)(H,5,6)/t2*9-,10+;/m11./s1. The Balaban J connectivity index is 0.000000596. The number of aliphatic carboxylic acids is 2. The van der Waals surface area contributed by atoms with E-state index < -0.39 is 23.1 Å². The molecule has 0 aromatic heterocycles. The number of likely N-dealkylation sites (tertiary alicyclic amines) is 2. The highest BCUT2D eigenvalue weighted by atomic mass is 16.6. The molecule has 4 N–H and O–H groups in total. The topological polar surface area (TPSA) is 158 Å². The lowest BCUT2D eigenvalue weighted by molar-refractivity contribution is -0.159. The van der Waals surface area contributed by atoms with Crippen LogP contribution in [0, 0.1) is 11.8 Å². The highest BCUT2D eigenvalue weighted by Gasteiger charge is 2.31. The Morgan fingerprint density at radius 1 is 0.684 bits per heavy atom. The summed E-state index contributed by atoms with van der Waals surface area (Å²) < 4.78 is 10.7. The van der Waals surface area contributed by atoms with Gasteiger partial charge in [-0.25, -0.2) is 19.2 Å². The van der Waals surface area contributed by atoms with Crippen LogP contribution >= 0.6 is 0 Å². The van der Waals surface area contributed by atoms with Gasteiger partial charge >= 0.3 is 24.1 Å². The van der Waals surface area contributed by atoms with Crippen molar-refractivity contribution in [3.05, 3.63) is 0 Å². The zero-order valence-electron chi connectivity index (χ0n) is 24.8. The molecule has 0 bridgehead atoms. The summed E-state index contributed by atoms with van der Waals surface area (Å²) in [6.45, 7) is 18.9. The normalized spacial score (nSPS) is 23.6. The first-order valence-corrected chi connectivity index (χ1v) is 13.1. The molecule has 0 aliphatic carbocycles. The minimum Gasteiger partial charge on any atom is -0.473 e. The molecule has 0 aromatic rings. The quantitative estimate of drug-likeness (QED) is 0.380. The molecular formula is C26H50N4O8. The Morgan fingerprint density at radius 2 is 0.974 bits per heavy atom. The lowest BCUT2D eigenvalue weighted by Crippen LogP contribution is -2.51. The Hall–Kier alpha value is -2.60. The summed E-state index contributed by atoms with van der Waals surface area (Å²) in [7, 11) is 3.89. The van der Waals surface area contributed by atoms with E-state index in [1.165, 1.54) is 0 Å². The fraction of sp³-hybridized carbons (Fsp3) is 0.846. The van der Waals surface area contributed by atoms with Gasteiger partial charge in [0.25, 0.3) is 0 Å². The fourth-order valence-corrected chi connectivity index (χ4v) is 3.87. The molecule has 2 heterocycles. The van der Waals surface area contributed by atoms with Crippen LogP contribution < -0.4 is 10.6 Å². The van der Waals surface area contributed by atoms with Gasteiger partial charge in [-0.1, -0.05) is 13.8 Å². The largest absolute Gasteiger partial charge is 0.473 e. The van der Waals surface area contributed by atoms with Crippen LogP contribution in [0.1, 0.15) is 68.2 Å². The predicted molar refractivity (Wildman–Crippen MR) is 144 cm³/mol. The molecular weight excluding hydrogens is 496 g/mol.